The predicted octanol–water partition coefficient (Wildman–Crippen LogP) is 2.80. The molecule has 0 aromatic carbocycles. The van der Waals surface area contributed by atoms with E-state index in [1.54, 1.807) is 26.0 Å². The summed E-state index contributed by atoms with van der Waals surface area (Å²) >= 11 is 1.07. The molecular formula is C14H16N2O5S. The van der Waals surface area contributed by atoms with Gasteiger partial charge in [0.05, 0.1) is 20.9 Å². The second-order valence-electron chi connectivity index (χ2n) is 4.95. The number of furan rings is 1. The van der Waals surface area contributed by atoms with E-state index in [0.29, 0.717) is 10.6 Å². The fraction of sp³-hybridized carbons (Fsp3) is 0.357. The number of carbonyl (C=O) groups is 1. The summed E-state index contributed by atoms with van der Waals surface area (Å²) in [5, 5.41) is 23.5. The molecule has 2 aromatic heterocycles. The Labute approximate surface area is 130 Å². The normalized spacial score (nSPS) is 13.6. The number of nitrogens with one attached hydrogen (secondary N) is 1. The number of nitrogens with zero attached hydrogens (tertiary/aromatic N) is 1. The van der Waals surface area contributed by atoms with Gasteiger partial charge in [0.1, 0.15) is 11.9 Å². The summed E-state index contributed by atoms with van der Waals surface area (Å²) in [6, 6.07) is 4.29. The Balaban J connectivity index is 1.96. The van der Waals surface area contributed by atoms with Crippen LogP contribution in [0.3, 0.4) is 0 Å². The SMILES string of the molecule is Cc1sc(C(=O)N[C@@H](C)C[C@H](O)c2ccco2)cc1[N+](=O)[O-]. The van der Waals surface area contributed by atoms with Crippen LogP contribution in [0.2, 0.25) is 0 Å². The largest absolute Gasteiger partial charge is 0.467 e. The molecule has 0 aliphatic carbocycles. The maximum Gasteiger partial charge on any atom is 0.283 e. The summed E-state index contributed by atoms with van der Waals surface area (Å²) < 4.78 is 5.10. The Morgan fingerprint density at radius 1 is 1.59 bits per heavy atom. The molecule has 0 aliphatic heterocycles. The van der Waals surface area contributed by atoms with E-state index in [1.807, 2.05) is 0 Å². The van der Waals surface area contributed by atoms with E-state index >= 15 is 0 Å². The zero-order valence-corrected chi connectivity index (χ0v) is 12.9. The van der Waals surface area contributed by atoms with Gasteiger partial charge in [-0.3, -0.25) is 14.9 Å². The number of carbonyl (C=O) groups excluding carboxylic acids is 1. The number of aliphatic hydroxyl groups is 1. The number of aryl methyl sites for hydroxylation is 1. The van der Waals surface area contributed by atoms with E-state index in [4.69, 9.17) is 4.42 Å². The summed E-state index contributed by atoms with van der Waals surface area (Å²) in [5.41, 5.74) is -0.0570. The molecule has 2 atom stereocenters. The molecule has 0 bridgehead atoms. The third kappa shape index (κ3) is 3.71. The van der Waals surface area contributed by atoms with Crippen molar-refractivity contribution in [3.63, 3.8) is 0 Å². The summed E-state index contributed by atoms with van der Waals surface area (Å²) in [4.78, 5) is 23.1. The molecule has 0 aliphatic rings. The molecule has 2 N–H and O–H groups in total. The zero-order chi connectivity index (χ0) is 16.3. The van der Waals surface area contributed by atoms with Gasteiger partial charge in [-0.15, -0.1) is 11.3 Å². The molecule has 2 heterocycles. The smallest absolute Gasteiger partial charge is 0.283 e. The first-order chi connectivity index (χ1) is 10.4. The molecule has 8 heteroatoms. The summed E-state index contributed by atoms with van der Waals surface area (Å²) in [6.07, 6.45) is 0.936. The summed E-state index contributed by atoms with van der Waals surface area (Å²) in [6.45, 7) is 3.35. The van der Waals surface area contributed by atoms with Crippen molar-refractivity contribution in [1.82, 2.24) is 5.32 Å². The highest BCUT2D eigenvalue weighted by molar-refractivity contribution is 7.14. The Bertz CT molecular complexity index is 665. The van der Waals surface area contributed by atoms with Crippen LogP contribution in [0.5, 0.6) is 0 Å². The highest BCUT2D eigenvalue weighted by Gasteiger charge is 2.22. The Kier molecular flexibility index (Phi) is 4.94. The van der Waals surface area contributed by atoms with Gasteiger partial charge in [-0.1, -0.05) is 0 Å². The first-order valence-corrected chi connectivity index (χ1v) is 7.47. The molecule has 118 valence electrons. The molecule has 0 saturated heterocycles. The fourth-order valence-electron chi connectivity index (χ4n) is 2.05. The van der Waals surface area contributed by atoms with Gasteiger partial charge in [-0.05, 0) is 26.0 Å². The average molecular weight is 324 g/mol. The van der Waals surface area contributed by atoms with E-state index in [9.17, 15) is 20.0 Å². The maximum atomic E-state index is 12.1. The van der Waals surface area contributed by atoms with Crippen LogP contribution in [0.15, 0.2) is 28.9 Å². The molecule has 22 heavy (non-hydrogen) atoms. The first-order valence-electron chi connectivity index (χ1n) is 6.65. The highest BCUT2D eigenvalue weighted by atomic mass is 32.1. The minimum absolute atomic E-state index is 0.0570. The topological polar surface area (TPSA) is 106 Å². The average Bonchev–Trinajstić information content (AvgIpc) is 3.06. The van der Waals surface area contributed by atoms with Crippen LogP contribution in [-0.2, 0) is 0 Å². The van der Waals surface area contributed by atoms with Crippen molar-refractivity contribution in [2.45, 2.75) is 32.4 Å². The molecule has 0 unspecified atom stereocenters. The van der Waals surface area contributed by atoms with Crippen molar-refractivity contribution in [3.8, 4) is 0 Å². The van der Waals surface area contributed by atoms with Gasteiger partial charge in [-0.25, -0.2) is 0 Å². The molecule has 2 rings (SSSR count). The van der Waals surface area contributed by atoms with Crippen LogP contribution in [0.1, 0.15) is 39.8 Å². The lowest BCUT2D eigenvalue weighted by Gasteiger charge is -2.16. The van der Waals surface area contributed by atoms with E-state index < -0.39 is 11.0 Å². The Morgan fingerprint density at radius 3 is 2.86 bits per heavy atom. The molecule has 1 amide bonds. The van der Waals surface area contributed by atoms with Gasteiger partial charge in [-0.2, -0.15) is 0 Å². The van der Waals surface area contributed by atoms with Crippen molar-refractivity contribution >= 4 is 22.9 Å². The lowest BCUT2D eigenvalue weighted by Crippen LogP contribution is -2.33. The highest BCUT2D eigenvalue weighted by Crippen LogP contribution is 2.28. The number of amides is 1. The van der Waals surface area contributed by atoms with Crippen molar-refractivity contribution in [3.05, 3.63) is 50.1 Å². The van der Waals surface area contributed by atoms with E-state index in [0.717, 1.165) is 11.3 Å². The summed E-state index contributed by atoms with van der Waals surface area (Å²) in [5.74, 6) is 0.0454. The third-order valence-electron chi connectivity index (χ3n) is 3.14. The molecule has 7 nitrogen and oxygen atoms in total. The monoisotopic (exact) mass is 324 g/mol. The van der Waals surface area contributed by atoms with Crippen LogP contribution in [0, 0.1) is 17.0 Å². The standard InChI is InChI=1S/C14H16N2O5S/c1-8(6-11(17)12-4-3-5-21-12)15-14(18)13-7-10(16(19)20)9(2)22-13/h3-5,7-8,11,17H,6H2,1-2H3,(H,15,18)/t8-,11-/m0/s1. The van der Waals surface area contributed by atoms with Crippen LogP contribution in [-0.4, -0.2) is 22.0 Å². The Hall–Kier alpha value is -2.19. The first kappa shape index (κ1) is 16.2. The molecular weight excluding hydrogens is 308 g/mol. The molecule has 0 saturated carbocycles. The van der Waals surface area contributed by atoms with E-state index in [1.165, 1.54) is 12.3 Å². The van der Waals surface area contributed by atoms with Crippen LogP contribution < -0.4 is 5.32 Å². The van der Waals surface area contributed by atoms with Gasteiger partial charge < -0.3 is 14.8 Å². The zero-order valence-electron chi connectivity index (χ0n) is 12.1. The third-order valence-corrected chi connectivity index (χ3v) is 4.18. The number of rotatable bonds is 6. The number of hydrogen-bond donors (Lipinski definition) is 2. The van der Waals surface area contributed by atoms with Crippen LogP contribution in [0.25, 0.3) is 0 Å². The lowest BCUT2D eigenvalue weighted by molar-refractivity contribution is -0.385. The second-order valence-corrected chi connectivity index (χ2v) is 6.21. The Morgan fingerprint density at radius 2 is 2.32 bits per heavy atom. The fourth-order valence-corrected chi connectivity index (χ4v) is 2.94. The van der Waals surface area contributed by atoms with Crippen LogP contribution >= 0.6 is 11.3 Å². The van der Waals surface area contributed by atoms with E-state index in [-0.39, 0.29) is 28.9 Å². The van der Waals surface area contributed by atoms with Crippen molar-refractivity contribution in [1.29, 1.82) is 0 Å². The van der Waals surface area contributed by atoms with Crippen molar-refractivity contribution in [2.24, 2.45) is 0 Å². The number of hydrogen-bond acceptors (Lipinski definition) is 6. The van der Waals surface area contributed by atoms with Crippen molar-refractivity contribution in [2.75, 3.05) is 0 Å². The molecule has 0 radical (unpaired) electrons. The van der Waals surface area contributed by atoms with Gasteiger partial charge in [0, 0.05) is 18.5 Å². The number of thiophene rings is 1. The minimum Gasteiger partial charge on any atom is -0.467 e. The predicted molar refractivity (Wildman–Crippen MR) is 80.9 cm³/mol. The molecule has 0 fully saturated rings. The van der Waals surface area contributed by atoms with E-state index in [2.05, 4.69) is 5.32 Å². The number of aliphatic hydroxyl groups excluding tert-OH is 1. The van der Waals surface area contributed by atoms with Gasteiger partial charge >= 0.3 is 0 Å². The van der Waals surface area contributed by atoms with Gasteiger partial charge in [0.25, 0.3) is 11.6 Å². The van der Waals surface area contributed by atoms with Crippen molar-refractivity contribution < 1.29 is 19.2 Å². The maximum absolute atomic E-state index is 12.1. The second kappa shape index (κ2) is 6.71. The summed E-state index contributed by atoms with van der Waals surface area (Å²) in [7, 11) is 0. The lowest BCUT2D eigenvalue weighted by atomic mass is 10.1. The van der Waals surface area contributed by atoms with Gasteiger partial charge in [0.15, 0.2) is 0 Å². The molecule has 0 spiro atoms. The van der Waals surface area contributed by atoms with Crippen LogP contribution in [0.4, 0.5) is 5.69 Å². The minimum atomic E-state index is -0.815. The number of nitro groups is 1. The quantitative estimate of drug-likeness (QED) is 0.628. The van der Waals surface area contributed by atoms with Gasteiger partial charge in [0.2, 0.25) is 0 Å². The molecule has 2 aromatic rings.